The van der Waals surface area contributed by atoms with Crippen molar-refractivity contribution in [2.24, 2.45) is 0 Å². The van der Waals surface area contributed by atoms with Gasteiger partial charge in [0.05, 0.1) is 12.5 Å². The highest BCUT2D eigenvalue weighted by molar-refractivity contribution is 5.83. The summed E-state index contributed by atoms with van der Waals surface area (Å²) in [7, 11) is 0. The summed E-state index contributed by atoms with van der Waals surface area (Å²) in [5, 5.41) is 28.8. The lowest BCUT2D eigenvalue weighted by atomic mass is 10.1. The van der Waals surface area contributed by atoms with Gasteiger partial charge in [0, 0.05) is 6.42 Å². The molecule has 0 aromatic heterocycles. The number of nitrogens with one attached hydrogen (secondary N) is 2. The molecule has 0 bridgehead atoms. The van der Waals surface area contributed by atoms with Crippen LogP contribution in [-0.4, -0.2) is 45.3 Å². The summed E-state index contributed by atoms with van der Waals surface area (Å²) in [6.07, 6.45) is -0.333. The Morgan fingerprint density at radius 3 is 2.32 bits per heavy atom. The van der Waals surface area contributed by atoms with Crippen LogP contribution in [0.3, 0.4) is 0 Å². The van der Waals surface area contributed by atoms with Crippen molar-refractivity contribution in [3.05, 3.63) is 0 Å². The first-order chi connectivity index (χ1) is 8.90. The number of rotatable bonds is 9. The number of amides is 2. The third-order valence-corrected chi connectivity index (χ3v) is 2.53. The minimum Gasteiger partial charge on any atom is -0.480 e. The topological polar surface area (TPSA) is 136 Å². The molecule has 0 saturated heterocycles. The van der Waals surface area contributed by atoms with Gasteiger partial charge in [-0.2, -0.15) is 0 Å². The Balaban J connectivity index is 3.92. The van der Waals surface area contributed by atoms with E-state index in [1.165, 1.54) is 5.48 Å². The zero-order valence-corrected chi connectivity index (χ0v) is 10.8. The maximum Gasteiger partial charge on any atom is 0.326 e. The summed E-state index contributed by atoms with van der Waals surface area (Å²) >= 11 is 0. The smallest absolute Gasteiger partial charge is 0.326 e. The molecule has 19 heavy (non-hydrogen) atoms. The highest BCUT2D eigenvalue weighted by Crippen LogP contribution is 2.05. The van der Waals surface area contributed by atoms with Crippen LogP contribution in [0.2, 0.25) is 0 Å². The standard InChI is InChI=1S/C11H20N2O6/c1-2-8(11(17)18)12-10(16)6-7(14)4-3-5-9(15)13-19/h7-8,14,19H,2-6H2,1H3,(H,12,16)(H,13,15)(H,17,18). The van der Waals surface area contributed by atoms with Crippen LogP contribution >= 0.6 is 0 Å². The van der Waals surface area contributed by atoms with Crippen molar-refractivity contribution in [1.82, 2.24) is 10.8 Å². The van der Waals surface area contributed by atoms with Gasteiger partial charge in [0.2, 0.25) is 11.8 Å². The number of aliphatic hydroxyl groups is 1. The van der Waals surface area contributed by atoms with Gasteiger partial charge in [0.25, 0.3) is 0 Å². The second-order valence-corrected chi connectivity index (χ2v) is 4.15. The Hall–Kier alpha value is -1.67. The van der Waals surface area contributed by atoms with Crippen LogP contribution in [-0.2, 0) is 14.4 Å². The summed E-state index contributed by atoms with van der Waals surface area (Å²) in [6.45, 7) is 1.63. The third-order valence-electron chi connectivity index (χ3n) is 2.53. The number of aliphatic hydroxyl groups excluding tert-OH is 1. The fourth-order valence-corrected chi connectivity index (χ4v) is 1.46. The molecule has 0 fully saturated rings. The van der Waals surface area contributed by atoms with Gasteiger partial charge in [-0.1, -0.05) is 6.92 Å². The fraction of sp³-hybridized carbons (Fsp3) is 0.727. The minimum atomic E-state index is -1.12. The van der Waals surface area contributed by atoms with Crippen molar-refractivity contribution < 1.29 is 29.8 Å². The molecular formula is C11H20N2O6. The molecule has 2 atom stereocenters. The molecule has 2 amide bonds. The van der Waals surface area contributed by atoms with E-state index >= 15 is 0 Å². The number of hydrogen-bond acceptors (Lipinski definition) is 5. The van der Waals surface area contributed by atoms with Crippen LogP contribution in [0, 0.1) is 0 Å². The lowest BCUT2D eigenvalue weighted by Gasteiger charge is -2.14. The highest BCUT2D eigenvalue weighted by Gasteiger charge is 2.19. The zero-order valence-electron chi connectivity index (χ0n) is 10.8. The maximum atomic E-state index is 11.4. The van der Waals surface area contributed by atoms with Crippen LogP contribution < -0.4 is 10.8 Å². The Kier molecular flexibility index (Phi) is 8.47. The largest absolute Gasteiger partial charge is 0.480 e. The number of carbonyl (C=O) groups is 3. The van der Waals surface area contributed by atoms with E-state index in [-0.39, 0.29) is 25.7 Å². The van der Waals surface area contributed by atoms with E-state index in [0.717, 1.165) is 0 Å². The Morgan fingerprint density at radius 2 is 1.84 bits per heavy atom. The van der Waals surface area contributed by atoms with Gasteiger partial charge in [-0.15, -0.1) is 0 Å². The second kappa shape index (κ2) is 9.29. The SMILES string of the molecule is CCC(NC(=O)CC(O)CCCC(=O)NO)C(=O)O. The lowest BCUT2D eigenvalue weighted by Crippen LogP contribution is -2.41. The summed E-state index contributed by atoms with van der Waals surface area (Å²) in [4.78, 5) is 32.8. The van der Waals surface area contributed by atoms with E-state index in [1.807, 2.05) is 0 Å². The van der Waals surface area contributed by atoms with Crippen molar-refractivity contribution in [2.75, 3.05) is 0 Å². The van der Waals surface area contributed by atoms with Crippen LogP contribution in [0.5, 0.6) is 0 Å². The predicted molar refractivity (Wildman–Crippen MR) is 64.3 cm³/mol. The molecule has 0 aliphatic carbocycles. The van der Waals surface area contributed by atoms with Crippen LogP contribution in [0.4, 0.5) is 0 Å². The average Bonchev–Trinajstić information content (AvgIpc) is 2.35. The quantitative estimate of drug-likeness (QED) is 0.281. The predicted octanol–water partition coefficient (Wildman–Crippen LogP) is -0.607. The monoisotopic (exact) mass is 276 g/mol. The van der Waals surface area contributed by atoms with Crippen molar-refractivity contribution in [3.63, 3.8) is 0 Å². The van der Waals surface area contributed by atoms with Gasteiger partial charge in [-0.3, -0.25) is 14.8 Å². The Labute approximate surface area is 110 Å². The normalized spacial score (nSPS) is 13.4. The first kappa shape index (κ1) is 17.3. The number of hydroxylamine groups is 1. The first-order valence-electron chi connectivity index (χ1n) is 6.03. The Bertz CT molecular complexity index is 320. The van der Waals surface area contributed by atoms with Crippen molar-refractivity contribution in [3.8, 4) is 0 Å². The molecule has 0 aromatic rings. The van der Waals surface area contributed by atoms with Gasteiger partial charge in [0.15, 0.2) is 0 Å². The maximum absolute atomic E-state index is 11.4. The van der Waals surface area contributed by atoms with Gasteiger partial charge >= 0.3 is 5.97 Å². The van der Waals surface area contributed by atoms with Gasteiger partial charge in [0.1, 0.15) is 6.04 Å². The van der Waals surface area contributed by atoms with E-state index in [1.54, 1.807) is 6.92 Å². The fourth-order valence-electron chi connectivity index (χ4n) is 1.46. The molecule has 0 aliphatic rings. The number of carbonyl (C=O) groups excluding carboxylic acids is 2. The van der Waals surface area contributed by atoms with Crippen LogP contribution in [0.15, 0.2) is 0 Å². The molecule has 0 heterocycles. The molecule has 8 heteroatoms. The molecule has 5 N–H and O–H groups in total. The van der Waals surface area contributed by atoms with Crippen LogP contribution in [0.25, 0.3) is 0 Å². The van der Waals surface area contributed by atoms with E-state index < -0.39 is 29.9 Å². The van der Waals surface area contributed by atoms with Crippen LogP contribution in [0.1, 0.15) is 39.0 Å². The van der Waals surface area contributed by atoms with E-state index in [4.69, 9.17) is 10.3 Å². The number of carboxylic acid groups (broad SMARTS) is 1. The molecule has 0 aliphatic heterocycles. The summed E-state index contributed by atoms with van der Waals surface area (Å²) in [5.41, 5.74) is 1.46. The molecule has 110 valence electrons. The van der Waals surface area contributed by atoms with Crippen molar-refractivity contribution >= 4 is 17.8 Å². The molecule has 0 aromatic carbocycles. The van der Waals surface area contributed by atoms with Crippen molar-refractivity contribution in [2.45, 2.75) is 51.2 Å². The summed E-state index contributed by atoms with van der Waals surface area (Å²) in [6, 6.07) is -0.958. The molecule has 0 saturated carbocycles. The second-order valence-electron chi connectivity index (χ2n) is 4.15. The molecule has 0 rings (SSSR count). The van der Waals surface area contributed by atoms with Gasteiger partial charge in [-0.05, 0) is 19.3 Å². The van der Waals surface area contributed by atoms with E-state index in [2.05, 4.69) is 5.32 Å². The first-order valence-corrected chi connectivity index (χ1v) is 6.03. The summed E-state index contributed by atoms with van der Waals surface area (Å²) in [5.74, 6) is -2.23. The van der Waals surface area contributed by atoms with Gasteiger partial charge < -0.3 is 15.5 Å². The highest BCUT2D eigenvalue weighted by atomic mass is 16.5. The zero-order chi connectivity index (χ0) is 14.8. The van der Waals surface area contributed by atoms with Gasteiger partial charge in [-0.25, -0.2) is 10.3 Å². The van der Waals surface area contributed by atoms with E-state index in [0.29, 0.717) is 6.42 Å². The number of carboxylic acids is 1. The third kappa shape index (κ3) is 8.11. The molecule has 0 radical (unpaired) electrons. The van der Waals surface area contributed by atoms with E-state index in [9.17, 15) is 19.5 Å². The molecule has 8 nitrogen and oxygen atoms in total. The van der Waals surface area contributed by atoms with Crippen molar-refractivity contribution in [1.29, 1.82) is 0 Å². The molecule has 0 spiro atoms. The summed E-state index contributed by atoms with van der Waals surface area (Å²) < 4.78 is 0. The number of aliphatic carboxylic acids is 1. The molecule has 2 unspecified atom stereocenters. The lowest BCUT2D eigenvalue weighted by molar-refractivity contribution is -0.142. The average molecular weight is 276 g/mol. The Morgan fingerprint density at radius 1 is 1.21 bits per heavy atom. The molecular weight excluding hydrogens is 256 g/mol. The minimum absolute atomic E-state index is 0.0435. The number of hydrogen-bond donors (Lipinski definition) is 5.